The van der Waals surface area contributed by atoms with Gasteiger partial charge in [0, 0.05) is 0 Å². The van der Waals surface area contributed by atoms with Gasteiger partial charge < -0.3 is 4.89 Å². The summed E-state index contributed by atoms with van der Waals surface area (Å²) in [4.78, 5) is 19.5. The van der Waals surface area contributed by atoms with Gasteiger partial charge in [-0.2, -0.15) is 4.89 Å². The standard InChI is InChI=1S/C11H14O4/c1-4-10-7-13-12-6-9(3)15-14-8-11(10)5-2/h4-5H,1-3,6-8H2/b11-10-. The maximum absolute atomic E-state index is 4.95. The second kappa shape index (κ2) is 6.19. The number of hydrogen-bond donors (Lipinski definition) is 0. The first-order valence-electron chi connectivity index (χ1n) is 4.46. The van der Waals surface area contributed by atoms with Crippen molar-refractivity contribution < 1.29 is 19.6 Å². The molecule has 1 heterocycles. The minimum absolute atomic E-state index is 0.133. The van der Waals surface area contributed by atoms with Crippen LogP contribution >= 0.6 is 0 Å². The van der Waals surface area contributed by atoms with Gasteiger partial charge in [0.15, 0.2) is 5.76 Å². The van der Waals surface area contributed by atoms with E-state index in [4.69, 9.17) is 19.6 Å². The molecular weight excluding hydrogens is 196 g/mol. The van der Waals surface area contributed by atoms with Crippen molar-refractivity contribution in [1.29, 1.82) is 0 Å². The van der Waals surface area contributed by atoms with Crippen molar-refractivity contribution in [2.75, 3.05) is 19.8 Å². The van der Waals surface area contributed by atoms with Crippen molar-refractivity contribution in [3.63, 3.8) is 0 Å². The van der Waals surface area contributed by atoms with E-state index >= 15 is 0 Å². The summed E-state index contributed by atoms with van der Waals surface area (Å²) in [6.45, 7) is 11.6. The van der Waals surface area contributed by atoms with Crippen molar-refractivity contribution in [1.82, 2.24) is 0 Å². The van der Waals surface area contributed by atoms with Gasteiger partial charge in [-0.15, -0.1) is 0 Å². The third kappa shape index (κ3) is 3.71. The Bertz CT molecular complexity index is 291. The van der Waals surface area contributed by atoms with Gasteiger partial charge in [0.1, 0.15) is 19.8 Å². The maximum Gasteiger partial charge on any atom is 0.164 e. The van der Waals surface area contributed by atoms with Crippen LogP contribution in [0.25, 0.3) is 0 Å². The van der Waals surface area contributed by atoms with Gasteiger partial charge in [-0.3, -0.25) is 0 Å². The summed E-state index contributed by atoms with van der Waals surface area (Å²) >= 11 is 0. The van der Waals surface area contributed by atoms with Gasteiger partial charge in [-0.05, 0) is 11.1 Å². The Kier molecular flexibility index (Phi) is 4.83. The predicted molar refractivity (Wildman–Crippen MR) is 55.5 cm³/mol. The van der Waals surface area contributed by atoms with Crippen LogP contribution in [0.15, 0.2) is 48.8 Å². The molecule has 82 valence electrons. The van der Waals surface area contributed by atoms with Crippen molar-refractivity contribution in [3.8, 4) is 0 Å². The quantitative estimate of drug-likeness (QED) is 0.654. The lowest BCUT2D eigenvalue weighted by molar-refractivity contribution is -0.313. The molecule has 0 atom stereocenters. The van der Waals surface area contributed by atoms with E-state index in [-0.39, 0.29) is 13.2 Å². The topological polar surface area (TPSA) is 36.9 Å². The Morgan fingerprint density at radius 3 is 2.00 bits per heavy atom. The van der Waals surface area contributed by atoms with Crippen LogP contribution in [0.3, 0.4) is 0 Å². The Morgan fingerprint density at radius 2 is 1.40 bits per heavy atom. The van der Waals surface area contributed by atoms with E-state index in [9.17, 15) is 0 Å². The monoisotopic (exact) mass is 210 g/mol. The van der Waals surface area contributed by atoms with Crippen LogP contribution in [0.4, 0.5) is 0 Å². The largest absolute Gasteiger partial charge is 0.340 e. The van der Waals surface area contributed by atoms with Crippen LogP contribution in [0.2, 0.25) is 0 Å². The summed E-state index contributed by atoms with van der Waals surface area (Å²) in [5.41, 5.74) is 1.68. The molecule has 4 heteroatoms. The third-order valence-corrected chi connectivity index (χ3v) is 1.81. The predicted octanol–water partition coefficient (Wildman–Crippen LogP) is 2.08. The fourth-order valence-corrected chi connectivity index (χ4v) is 0.978. The van der Waals surface area contributed by atoms with Crippen LogP contribution in [0, 0.1) is 0 Å². The smallest absolute Gasteiger partial charge is 0.164 e. The summed E-state index contributed by atoms with van der Waals surface area (Å²) in [5, 5.41) is 0. The molecule has 0 saturated heterocycles. The molecule has 0 unspecified atom stereocenters. The molecule has 0 bridgehead atoms. The SMILES string of the molecule is C=C/C1=C(\C=C)COOC(=C)COOC1. The summed E-state index contributed by atoms with van der Waals surface area (Å²) < 4.78 is 0. The first-order valence-corrected chi connectivity index (χ1v) is 4.46. The second-order valence-electron chi connectivity index (χ2n) is 2.87. The van der Waals surface area contributed by atoms with Crippen LogP contribution in [0.1, 0.15) is 0 Å². The van der Waals surface area contributed by atoms with Crippen molar-refractivity contribution in [2.24, 2.45) is 0 Å². The van der Waals surface area contributed by atoms with Crippen molar-refractivity contribution in [2.45, 2.75) is 0 Å². The molecule has 15 heavy (non-hydrogen) atoms. The van der Waals surface area contributed by atoms with Gasteiger partial charge in [0.2, 0.25) is 0 Å². The van der Waals surface area contributed by atoms with E-state index in [2.05, 4.69) is 19.7 Å². The fraction of sp³-hybridized carbons (Fsp3) is 0.273. The Hall–Kier alpha value is -1.36. The number of rotatable bonds is 2. The Labute approximate surface area is 88.9 Å². The summed E-state index contributed by atoms with van der Waals surface area (Å²) in [6, 6.07) is 0. The highest BCUT2D eigenvalue weighted by Crippen LogP contribution is 2.11. The molecule has 0 N–H and O–H groups in total. The average Bonchev–Trinajstić information content (AvgIpc) is 2.26. The third-order valence-electron chi connectivity index (χ3n) is 1.81. The van der Waals surface area contributed by atoms with Gasteiger partial charge in [0.25, 0.3) is 0 Å². The molecule has 0 spiro atoms. The highest BCUT2D eigenvalue weighted by molar-refractivity contribution is 5.32. The second-order valence-corrected chi connectivity index (χ2v) is 2.87. The van der Waals surface area contributed by atoms with E-state index in [0.29, 0.717) is 12.4 Å². The molecule has 0 aromatic heterocycles. The van der Waals surface area contributed by atoms with E-state index in [1.165, 1.54) is 0 Å². The lowest BCUT2D eigenvalue weighted by atomic mass is 10.1. The van der Waals surface area contributed by atoms with Gasteiger partial charge in [-0.25, -0.2) is 9.78 Å². The molecule has 1 rings (SSSR count). The first-order chi connectivity index (χ1) is 7.27. The molecule has 0 saturated carbocycles. The molecule has 0 aliphatic carbocycles. The van der Waals surface area contributed by atoms with Crippen molar-refractivity contribution in [3.05, 3.63) is 48.8 Å². The molecule has 0 radical (unpaired) electrons. The average molecular weight is 210 g/mol. The van der Waals surface area contributed by atoms with E-state index in [1.807, 2.05) is 0 Å². The maximum atomic E-state index is 4.95. The molecule has 0 aromatic carbocycles. The molecular formula is C11H14O4. The summed E-state index contributed by atoms with van der Waals surface area (Å²) in [7, 11) is 0. The molecule has 0 amide bonds. The van der Waals surface area contributed by atoms with Crippen LogP contribution in [0.5, 0.6) is 0 Å². The van der Waals surface area contributed by atoms with E-state index in [0.717, 1.165) is 11.1 Å². The minimum atomic E-state index is 0.133. The summed E-state index contributed by atoms with van der Waals surface area (Å²) in [6.07, 6.45) is 3.33. The highest BCUT2D eigenvalue weighted by atomic mass is 17.2. The molecule has 0 aromatic rings. The Balaban J connectivity index is 2.74. The lowest BCUT2D eigenvalue weighted by Gasteiger charge is -2.13. The molecule has 1 aliphatic heterocycles. The first kappa shape index (κ1) is 11.7. The minimum Gasteiger partial charge on any atom is -0.340 e. The van der Waals surface area contributed by atoms with Crippen LogP contribution < -0.4 is 0 Å². The van der Waals surface area contributed by atoms with E-state index < -0.39 is 0 Å². The molecule has 1 aliphatic rings. The normalized spacial score (nSPS) is 24.1. The number of hydrogen-bond acceptors (Lipinski definition) is 4. The Morgan fingerprint density at radius 1 is 0.867 bits per heavy atom. The van der Waals surface area contributed by atoms with Gasteiger partial charge in [0.05, 0.1) is 0 Å². The molecule has 0 fully saturated rings. The van der Waals surface area contributed by atoms with Crippen LogP contribution in [-0.2, 0) is 19.6 Å². The molecule has 4 nitrogen and oxygen atoms in total. The highest BCUT2D eigenvalue weighted by Gasteiger charge is 2.07. The van der Waals surface area contributed by atoms with Gasteiger partial charge in [-0.1, -0.05) is 31.9 Å². The zero-order valence-electron chi connectivity index (χ0n) is 8.53. The van der Waals surface area contributed by atoms with Crippen LogP contribution in [-0.4, -0.2) is 19.8 Å². The fourth-order valence-electron chi connectivity index (χ4n) is 0.978. The lowest BCUT2D eigenvalue weighted by Crippen LogP contribution is -2.10. The van der Waals surface area contributed by atoms with Crippen molar-refractivity contribution >= 4 is 0 Å². The van der Waals surface area contributed by atoms with E-state index in [1.54, 1.807) is 12.2 Å². The zero-order chi connectivity index (χ0) is 11.1. The zero-order valence-corrected chi connectivity index (χ0v) is 8.53. The summed E-state index contributed by atoms with van der Waals surface area (Å²) in [5.74, 6) is 0.348. The van der Waals surface area contributed by atoms with Gasteiger partial charge >= 0.3 is 0 Å².